The third kappa shape index (κ3) is 6.67. The second-order valence-corrected chi connectivity index (χ2v) is 18.9. The average molecular weight is 397 g/mol. The van der Waals surface area contributed by atoms with Crippen LogP contribution in [0.1, 0.15) is 64.9 Å². The molecule has 20 heavy (non-hydrogen) atoms. The fourth-order valence-electron chi connectivity index (χ4n) is 2.65. The Kier molecular flexibility index (Phi) is 9.72. The molecule has 1 rings (SSSR count). The Morgan fingerprint density at radius 3 is 1.90 bits per heavy atom. The molecule has 112 valence electrons. The molecule has 0 radical (unpaired) electrons. The van der Waals surface area contributed by atoms with E-state index in [9.17, 15) is 0 Å². The number of hydrogen-bond acceptors (Lipinski definition) is 1. The Morgan fingerprint density at radius 2 is 1.50 bits per heavy atom. The van der Waals surface area contributed by atoms with Gasteiger partial charge in [0.1, 0.15) is 0 Å². The first-order valence-electron chi connectivity index (χ1n) is 8.31. The van der Waals surface area contributed by atoms with Gasteiger partial charge >= 0.3 is 135 Å². The fourth-order valence-corrected chi connectivity index (χ4v) is 16.4. The first-order valence-corrected chi connectivity index (χ1v) is 16.7. The van der Waals surface area contributed by atoms with Crippen molar-refractivity contribution in [3.63, 3.8) is 0 Å². The summed E-state index contributed by atoms with van der Waals surface area (Å²) in [5, 5.41) is 4.34. The standard InChI is InChI=1S/C6H3S.3C4H9.Sn/c1-2-6-3-4-7-5-6;3*1-3-4-2;/h3-5H;3*1,3-4H2,2H3;. The number of hydrogen-bond donors (Lipinski definition) is 0. The summed E-state index contributed by atoms with van der Waals surface area (Å²) >= 11 is -0.446. The molecule has 0 aliphatic heterocycles. The molecular formula is C18H30SSn. The van der Waals surface area contributed by atoms with Crippen LogP contribution in [-0.4, -0.2) is 18.4 Å². The van der Waals surface area contributed by atoms with E-state index in [1.807, 2.05) is 0 Å². The van der Waals surface area contributed by atoms with Gasteiger partial charge in [0, 0.05) is 0 Å². The summed E-state index contributed by atoms with van der Waals surface area (Å²) in [6.45, 7) is 6.97. The molecule has 0 amide bonds. The van der Waals surface area contributed by atoms with Gasteiger partial charge in [-0.05, 0) is 0 Å². The van der Waals surface area contributed by atoms with E-state index in [-0.39, 0.29) is 0 Å². The van der Waals surface area contributed by atoms with Crippen molar-refractivity contribution in [1.82, 2.24) is 0 Å². The normalized spacial score (nSPS) is 11.2. The van der Waals surface area contributed by atoms with Crippen LogP contribution in [0.25, 0.3) is 0 Å². The van der Waals surface area contributed by atoms with E-state index >= 15 is 0 Å². The van der Waals surface area contributed by atoms with Gasteiger partial charge in [0.15, 0.2) is 0 Å². The second kappa shape index (κ2) is 10.7. The van der Waals surface area contributed by atoms with E-state index in [2.05, 4.69) is 47.5 Å². The number of rotatable bonds is 9. The van der Waals surface area contributed by atoms with Gasteiger partial charge in [-0.2, -0.15) is 0 Å². The van der Waals surface area contributed by atoms with E-state index < -0.39 is 18.4 Å². The Labute approximate surface area is 134 Å². The van der Waals surface area contributed by atoms with Crippen LogP contribution in [0.15, 0.2) is 16.8 Å². The zero-order valence-corrected chi connectivity index (χ0v) is 17.2. The molecule has 0 saturated carbocycles. The maximum absolute atomic E-state index is 3.91. The molecule has 1 aromatic rings. The van der Waals surface area contributed by atoms with Gasteiger partial charge in [-0.15, -0.1) is 0 Å². The van der Waals surface area contributed by atoms with Crippen molar-refractivity contribution in [1.29, 1.82) is 0 Å². The topological polar surface area (TPSA) is 0 Å². The molecule has 0 fully saturated rings. The summed E-state index contributed by atoms with van der Waals surface area (Å²) in [5.74, 6) is 3.55. The van der Waals surface area contributed by atoms with E-state index in [1.54, 1.807) is 11.3 Å². The van der Waals surface area contributed by atoms with Crippen LogP contribution >= 0.6 is 11.3 Å². The Balaban J connectivity index is 2.86. The first-order chi connectivity index (χ1) is 9.76. The molecule has 0 spiro atoms. The third-order valence-electron chi connectivity index (χ3n) is 4.02. The molecule has 0 aliphatic rings. The summed E-state index contributed by atoms with van der Waals surface area (Å²) < 4.78 is 8.37. The summed E-state index contributed by atoms with van der Waals surface area (Å²) in [5.41, 5.74) is 1.25. The molecule has 0 aromatic carbocycles. The number of unbranched alkanes of at least 4 members (excludes halogenated alkanes) is 3. The predicted octanol–water partition coefficient (Wildman–Crippen LogP) is 6.49. The van der Waals surface area contributed by atoms with Crippen LogP contribution in [0.3, 0.4) is 0 Å². The van der Waals surface area contributed by atoms with Gasteiger partial charge < -0.3 is 0 Å². The Bertz CT molecular complexity index is 375. The van der Waals surface area contributed by atoms with E-state index in [0.717, 1.165) is 0 Å². The quantitative estimate of drug-likeness (QED) is 0.330. The predicted molar refractivity (Wildman–Crippen MR) is 96.1 cm³/mol. The van der Waals surface area contributed by atoms with E-state index in [0.29, 0.717) is 0 Å². The minimum absolute atomic E-state index is 1.25. The molecule has 1 heterocycles. The van der Waals surface area contributed by atoms with Crippen molar-refractivity contribution < 1.29 is 0 Å². The van der Waals surface area contributed by atoms with Crippen LogP contribution in [-0.2, 0) is 0 Å². The zero-order chi connectivity index (χ0) is 14.7. The molecule has 0 unspecified atom stereocenters. The molecule has 0 atom stereocenters. The van der Waals surface area contributed by atoms with Gasteiger partial charge in [0.05, 0.1) is 0 Å². The summed E-state index contributed by atoms with van der Waals surface area (Å²) in [4.78, 5) is 0. The number of thiophene rings is 1. The zero-order valence-electron chi connectivity index (χ0n) is 13.5. The first kappa shape index (κ1) is 18.1. The summed E-state index contributed by atoms with van der Waals surface area (Å²) in [6, 6.07) is 2.17. The third-order valence-corrected chi connectivity index (χ3v) is 17.8. The van der Waals surface area contributed by atoms with Gasteiger partial charge in [-0.1, -0.05) is 0 Å². The molecule has 1 aromatic heterocycles. The SMILES string of the molecule is CCC[CH2][Sn]([C]#Cc1ccsc1)([CH2]CCC)[CH2]CCC. The molecule has 0 aliphatic carbocycles. The van der Waals surface area contributed by atoms with Crippen LogP contribution in [0.5, 0.6) is 0 Å². The van der Waals surface area contributed by atoms with Gasteiger partial charge in [0.2, 0.25) is 0 Å². The van der Waals surface area contributed by atoms with Crippen LogP contribution in [0.2, 0.25) is 13.3 Å². The second-order valence-electron chi connectivity index (χ2n) is 5.85. The van der Waals surface area contributed by atoms with E-state index in [1.165, 1.54) is 57.4 Å². The van der Waals surface area contributed by atoms with Crippen LogP contribution in [0.4, 0.5) is 0 Å². The van der Waals surface area contributed by atoms with Crippen LogP contribution < -0.4 is 0 Å². The van der Waals surface area contributed by atoms with Gasteiger partial charge in [-0.25, -0.2) is 0 Å². The fraction of sp³-hybridized carbons (Fsp3) is 0.667. The van der Waals surface area contributed by atoms with Gasteiger partial charge in [-0.3, -0.25) is 0 Å². The van der Waals surface area contributed by atoms with Crippen molar-refractivity contribution in [2.75, 3.05) is 0 Å². The molecule has 0 N–H and O–H groups in total. The van der Waals surface area contributed by atoms with Gasteiger partial charge in [0.25, 0.3) is 0 Å². The van der Waals surface area contributed by atoms with Crippen molar-refractivity contribution in [3.05, 3.63) is 22.4 Å². The van der Waals surface area contributed by atoms with Crippen molar-refractivity contribution in [2.45, 2.75) is 72.6 Å². The Morgan fingerprint density at radius 1 is 0.950 bits per heavy atom. The molecular weight excluding hydrogens is 367 g/mol. The van der Waals surface area contributed by atoms with Crippen molar-refractivity contribution in [2.24, 2.45) is 0 Å². The summed E-state index contributed by atoms with van der Waals surface area (Å²) in [6.07, 6.45) is 8.20. The average Bonchev–Trinajstić information content (AvgIpc) is 2.99. The van der Waals surface area contributed by atoms with E-state index in [4.69, 9.17) is 0 Å². The summed E-state index contributed by atoms with van der Waals surface area (Å²) in [7, 11) is 0. The molecule has 0 saturated heterocycles. The minimum atomic E-state index is -2.21. The molecule has 0 nitrogen and oxygen atoms in total. The molecule has 2 heteroatoms. The monoisotopic (exact) mass is 398 g/mol. The Hall–Kier alpha value is 0.0587. The molecule has 0 bridgehead atoms. The van der Waals surface area contributed by atoms with Crippen molar-refractivity contribution >= 4 is 29.7 Å². The maximum atomic E-state index is 3.91. The van der Waals surface area contributed by atoms with Crippen LogP contribution in [0, 0.1) is 9.86 Å². The van der Waals surface area contributed by atoms with Crippen molar-refractivity contribution in [3.8, 4) is 9.86 Å².